The molecule has 1 aliphatic heterocycles. The monoisotopic (exact) mass is 252 g/mol. The molecular weight excluding hydrogens is 229 g/mol. The van der Waals surface area contributed by atoms with Crippen molar-refractivity contribution in [2.75, 3.05) is 19.6 Å². The van der Waals surface area contributed by atoms with Gasteiger partial charge in [0.15, 0.2) is 0 Å². The normalized spacial score (nSPS) is 25.2. The lowest BCUT2D eigenvalue weighted by Crippen LogP contribution is -2.49. The number of hydrogen-bond acceptors (Lipinski definition) is 2. The molecule has 0 bridgehead atoms. The van der Waals surface area contributed by atoms with Gasteiger partial charge in [0.2, 0.25) is 0 Å². The standard InChI is InChI=1S/C12H23F3N2/c1-9(2)16-7-10(3)17-6-4-5-11(8-17)12(13,14)15/h9-11,16H,4-8H2,1-3H3. The molecule has 1 aliphatic rings. The third-order valence-electron chi connectivity index (χ3n) is 3.36. The van der Waals surface area contributed by atoms with E-state index in [1.165, 1.54) is 0 Å². The number of halogens is 3. The first-order valence-corrected chi connectivity index (χ1v) is 6.35. The summed E-state index contributed by atoms with van der Waals surface area (Å²) >= 11 is 0. The van der Waals surface area contributed by atoms with Gasteiger partial charge in [0.05, 0.1) is 5.92 Å². The first-order chi connectivity index (χ1) is 7.80. The van der Waals surface area contributed by atoms with Gasteiger partial charge >= 0.3 is 6.18 Å². The number of likely N-dealkylation sites (tertiary alicyclic amines) is 1. The molecule has 1 rings (SSSR count). The number of alkyl halides is 3. The first kappa shape index (κ1) is 14.8. The Morgan fingerprint density at radius 2 is 1.94 bits per heavy atom. The molecule has 1 N–H and O–H groups in total. The van der Waals surface area contributed by atoms with Crippen molar-refractivity contribution in [1.29, 1.82) is 0 Å². The van der Waals surface area contributed by atoms with Crippen molar-refractivity contribution in [3.63, 3.8) is 0 Å². The lowest BCUT2D eigenvalue weighted by molar-refractivity contribution is -0.188. The second kappa shape index (κ2) is 6.05. The van der Waals surface area contributed by atoms with Gasteiger partial charge in [-0.05, 0) is 26.3 Å². The maximum Gasteiger partial charge on any atom is 0.393 e. The summed E-state index contributed by atoms with van der Waals surface area (Å²) in [5.41, 5.74) is 0. The van der Waals surface area contributed by atoms with Crippen LogP contribution >= 0.6 is 0 Å². The van der Waals surface area contributed by atoms with Crippen molar-refractivity contribution in [2.24, 2.45) is 5.92 Å². The molecule has 1 heterocycles. The van der Waals surface area contributed by atoms with Gasteiger partial charge in [-0.2, -0.15) is 13.2 Å². The molecule has 2 atom stereocenters. The Balaban J connectivity index is 2.43. The Kier molecular flexibility index (Phi) is 5.25. The van der Waals surface area contributed by atoms with Crippen LogP contribution in [0.1, 0.15) is 33.6 Å². The van der Waals surface area contributed by atoms with Gasteiger partial charge in [-0.25, -0.2) is 0 Å². The van der Waals surface area contributed by atoms with Gasteiger partial charge in [-0.1, -0.05) is 13.8 Å². The minimum absolute atomic E-state index is 0.157. The van der Waals surface area contributed by atoms with Gasteiger partial charge in [0.1, 0.15) is 0 Å². The average Bonchev–Trinajstić information content (AvgIpc) is 2.25. The van der Waals surface area contributed by atoms with Crippen molar-refractivity contribution in [3.8, 4) is 0 Å². The summed E-state index contributed by atoms with van der Waals surface area (Å²) in [4.78, 5) is 1.96. The molecular formula is C12H23F3N2. The quantitative estimate of drug-likeness (QED) is 0.827. The lowest BCUT2D eigenvalue weighted by Gasteiger charge is -2.37. The largest absolute Gasteiger partial charge is 0.393 e. The molecule has 2 nitrogen and oxygen atoms in total. The van der Waals surface area contributed by atoms with E-state index in [9.17, 15) is 13.2 Å². The molecule has 5 heteroatoms. The summed E-state index contributed by atoms with van der Waals surface area (Å²) in [7, 11) is 0. The summed E-state index contributed by atoms with van der Waals surface area (Å²) in [5, 5.41) is 3.27. The summed E-state index contributed by atoms with van der Waals surface area (Å²) < 4.78 is 37.9. The van der Waals surface area contributed by atoms with Crippen LogP contribution in [0.4, 0.5) is 13.2 Å². The van der Waals surface area contributed by atoms with Gasteiger partial charge in [0.25, 0.3) is 0 Å². The van der Waals surface area contributed by atoms with Gasteiger partial charge in [-0.3, -0.25) is 4.90 Å². The molecule has 102 valence electrons. The molecule has 17 heavy (non-hydrogen) atoms. The summed E-state index contributed by atoms with van der Waals surface area (Å²) in [5.74, 6) is -1.14. The van der Waals surface area contributed by atoms with Crippen molar-refractivity contribution < 1.29 is 13.2 Å². The maximum absolute atomic E-state index is 12.6. The SMILES string of the molecule is CC(C)NCC(C)N1CCCC(C(F)(F)F)C1. The van der Waals surface area contributed by atoms with Crippen molar-refractivity contribution in [3.05, 3.63) is 0 Å². The van der Waals surface area contributed by atoms with Crippen LogP contribution in [-0.4, -0.2) is 42.8 Å². The molecule has 0 amide bonds. The number of rotatable bonds is 4. The van der Waals surface area contributed by atoms with E-state index in [-0.39, 0.29) is 19.0 Å². The first-order valence-electron chi connectivity index (χ1n) is 6.35. The molecule has 0 saturated carbocycles. The number of piperidine rings is 1. The van der Waals surface area contributed by atoms with Crippen LogP contribution in [0.3, 0.4) is 0 Å². The van der Waals surface area contributed by atoms with Crippen LogP contribution in [-0.2, 0) is 0 Å². The molecule has 0 aromatic carbocycles. The van der Waals surface area contributed by atoms with Crippen LogP contribution in [0.15, 0.2) is 0 Å². The van der Waals surface area contributed by atoms with E-state index in [1.807, 2.05) is 25.7 Å². The van der Waals surface area contributed by atoms with Crippen molar-refractivity contribution in [1.82, 2.24) is 10.2 Å². The minimum atomic E-state index is -4.04. The average molecular weight is 252 g/mol. The van der Waals surface area contributed by atoms with Gasteiger partial charge in [-0.15, -0.1) is 0 Å². The van der Waals surface area contributed by atoms with E-state index in [0.29, 0.717) is 12.5 Å². The van der Waals surface area contributed by atoms with E-state index in [2.05, 4.69) is 5.32 Å². The van der Waals surface area contributed by atoms with Crippen LogP contribution in [0, 0.1) is 5.92 Å². The molecule has 0 aromatic rings. The summed E-state index contributed by atoms with van der Waals surface area (Å²) in [6.07, 6.45) is -3.11. The smallest absolute Gasteiger partial charge is 0.313 e. The predicted octanol–water partition coefficient (Wildman–Crippen LogP) is 2.65. The Labute approximate surface area is 102 Å². The zero-order valence-electron chi connectivity index (χ0n) is 10.8. The highest BCUT2D eigenvalue weighted by Crippen LogP contribution is 2.33. The van der Waals surface area contributed by atoms with Gasteiger partial charge < -0.3 is 5.32 Å². The second-order valence-electron chi connectivity index (χ2n) is 5.29. The molecule has 0 spiro atoms. The molecule has 0 radical (unpaired) electrons. The zero-order valence-corrected chi connectivity index (χ0v) is 10.8. The van der Waals surface area contributed by atoms with E-state index in [0.717, 1.165) is 13.1 Å². The minimum Gasteiger partial charge on any atom is -0.313 e. The highest BCUT2D eigenvalue weighted by molar-refractivity contribution is 4.81. The Morgan fingerprint density at radius 1 is 1.29 bits per heavy atom. The summed E-state index contributed by atoms with van der Waals surface area (Å²) in [6, 6.07) is 0.545. The molecule has 2 unspecified atom stereocenters. The van der Waals surface area contributed by atoms with Crippen molar-refractivity contribution >= 4 is 0 Å². The highest BCUT2D eigenvalue weighted by Gasteiger charge is 2.42. The number of nitrogens with one attached hydrogen (secondary N) is 1. The summed E-state index contributed by atoms with van der Waals surface area (Å²) in [6.45, 7) is 7.78. The third kappa shape index (κ3) is 4.84. The van der Waals surface area contributed by atoms with Crippen molar-refractivity contribution in [2.45, 2.75) is 51.9 Å². The fourth-order valence-corrected chi connectivity index (χ4v) is 2.21. The molecule has 0 aromatic heterocycles. The highest BCUT2D eigenvalue weighted by atomic mass is 19.4. The lowest BCUT2D eigenvalue weighted by atomic mass is 9.96. The number of nitrogens with zero attached hydrogens (tertiary/aromatic N) is 1. The fourth-order valence-electron chi connectivity index (χ4n) is 2.21. The molecule has 0 aliphatic carbocycles. The van der Waals surface area contributed by atoms with Crippen LogP contribution in [0.5, 0.6) is 0 Å². The fraction of sp³-hybridized carbons (Fsp3) is 1.00. The Hall–Kier alpha value is -0.290. The molecule has 1 saturated heterocycles. The zero-order chi connectivity index (χ0) is 13.1. The van der Waals surface area contributed by atoms with Crippen LogP contribution < -0.4 is 5.32 Å². The van der Waals surface area contributed by atoms with Crippen LogP contribution in [0.2, 0.25) is 0 Å². The van der Waals surface area contributed by atoms with E-state index >= 15 is 0 Å². The van der Waals surface area contributed by atoms with Crippen LogP contribution in [0.25, 0.3) is 0 Å². The van der Waals surface area contributed by atoms with Gasteiger partial charge in [0, 0.05) is 25.2 Å². The maximum atomic E-state index is 12.6. The van der Waals surface area contributed by atoms with E-state index in [1.54, 1.807) is 0 Å². The second-order valence-corrected chi connectivity index (χ2v) is 5.29. The van der Waals surface area contributed by atoms with E-state index < -0.39 is 12.1 Å². The molecule has 1 fully saturated rings. The topological polar surface area (TPSA) is 15.3 Å². The van der Waals surface area contributed by atoms with E-state index in [4.69, 9.17) is 0 Å². The Bertz CT molecular complexity index is 228. The number of hydrogen-bond donors (Lipinski definition) is 1. The Morgan fingerprint density at radius 3 is 2.47 bits per heavy atom. The third-order valence-corrected chi connectivity index (χ3v) is 3.36. The predicted molar refractivity (Wildman–Crippen MR) is 63.0 cm³/mol.